The Kier molecular flexibility index (Phi) is 4.91. The van der Waals surface area contributed by atoms with Gasteiger partial charge >= 0.3 is 0 Å². The second kappa shape index (κ2) is 7.27. The lowest BCUT2D eigenvalue weighted by molar-refractivity contribution is 0.413. The standard InChI is InChI=1S/C19H24N4/c1-14-6-5-7-15(12-14)17-13-21-19(23-17)11-10-18(20)22-16-8-3-2-4-9-16/h5-7,10-13,16H,2-4,8-9H2,1H3,(H2,20,22)(H,21,23)/b11-10-. The summed E-state index contributed by atoms with van der Waals surface area (Å²) >= 11 is 0. The lowest BCUT2D eigenvalue weighted by Gasteiger charge is -2.23. The van der Waals surface area contributed by atoms with E-state index in [0.717, 1.165) is 17.1 Å². The molecule has 120 valence electrons. The van der Waals surface area contributed by atoms with Crippen LogP contribution in [0.1, 0.15) is 43.5 Å². The van der Waals surface area contributed by atoms with E-state index in [1.807, 2.05) is 18.3 Å². The monoisotopic (exact) mass is 308 g/mol. The van der Waals surface area contributed by atoms with Crippen LogP contribution >= 0.6 is 0 Å². The van der Waals surface area contributed by atoms with Gasteiger partial charge in [-0.15, -0.1) is 0 Å². The zero-order chi connectivity index (χ0) is 16.1. The zero-order valence-corrected chi connectivity index (χ0v) is 13.6. The summed E-state index contributed by atoms with van der Waals surface area (Å²) in [5, 5.41) is 11.3. The van der Waals surface area contributed by atoms with Crippen LogP contribution in [0, 0.1) is 12.3 Å². The Hall–Kier alpha value is -2.36. The number of benzene rings is 1. The van der Waals surface area contributed by atoms with Crippen molar-refractivity contribution in [2.75, 3.05) is 0 Å². The van der Waals surface area contributed by atoms with E-state index < -0.39 is 0 Å². The summed E-state index contributed by atoms with van der Waals surface area (Å²) in [6.45, 7) is 2.08. The van der Waals surface area contributed by atoms with E-state index in [4.69, 9.17) is 5.41 Å². The summed E-state index contributed by atoms with van der Waals surface area (Å²) in [5.74, 6) is 1.24. The molecule has 1 aliphatic rings. The zero-order valence-electron chi connectivity index (χ0n) is 13.6. The van der Waals surface area contributed by atoms with Crippen molar-refractivity contribution in [3.05, 3.63) is 47.9 Å². The average Bonchev–Trinajstić information content (AvgIpc) is 3.03. The summed E-state index contributed by atoms with van der Waals surface area (Å²) in [6.07, 6.45) is 11.7. The van der Waals surface area contributed by atoms with Crippen molar-refractivity contribution in [1.82, 2.24) is 15.3 Å². The molecule has 3 rings (SSSR count). The summed E-state index contributed by atoms with van der Waals surface area (Å²) < 4.78 is 0. The summed E-state index contributed by atoms with van der Waals surface area (Å²) in [7, 11) is 0. The highest BCUT2D eigenvalue weighted by Gasteiger charge is 2.12. The van der Waals surface area contributed by atoms with Gasteiger partial charge in [-0.3, -0.25) is 5.41 Å². The van der Waals surface area contributed by atoms with E-state index in [1.165, 1.54) is 37.7 Å². The number of hydrogen-bond acceptors (Lipinski definition) is 2. The van der Waals surface area contributed by atoms with Crippen molar-refractivity contribution in [1.29, 1.82) is 5.41 Å². The topological polar surface area (TPSA) is 64.6 Å². The Bertz CT molecular complexity index is 693. The van der Waals surface area contributed by atoms with Crippen LogP contribution in [-0.4, -0.2) is 21.8 Å². The van der Waals surface area contributed by atoms with Gasteiger partial charge in [0, 0.05) is 6.04 Å². The van der Waals surface area contributed by atoms with Gasteiger partial charge in [0.1, 0.15) is 11.7 Å². The predicted octanol–water partition coefficient (Wildman–Crippen LogP) is 4.30. The molecule has 23 heavy (non-hydrogen) atoms. The average molecular weight is 308 g/mol. The third-order valence-electron chi connectivity index (χ3n) is 4.30. The fourth-order valence-corrected chi connectivity index (χ4v) is 3.06. The molecular weight excluding hydrogens is 284 g/mol. The Labute approximate surface area is 137 Å². The second-order valence-electron chi connectivity index (χ2n) is 6.28. The van der Waals surface area contributed by atoms with Gasteiger partial charge in [0.15, 0.2) is 0 Å². The number of aromatic nitrogens is 2. The normalized spacial score (nSPS) is 15.9. The van der Waals surface area contributed by atoms with Crippen molar-refractivity contribution in [2.24, 2.45) is 0 Å². The van der Waals surface area contributed by atoms with Crippen LogP contribution < -0.4 is 5.32 Å². The first-order valence-electron chi connectivity index (χ1n) is 8.36. The Morgan fingerprint density at radius 3 is 2.91 bits per heavy atom. The first-order chi connectivity index (χ1) is 11.2. The number of hydrogen-bond donors (Lipinski definition) is 3. The number of imidazole rings is 1. The fraction of sp³-hybridized carbons (Fsp3) is 0.368. The quantitative estimate of drug-likeness (QED) is 0.582. The fourth-order valence-electron chi connectivity index (χ4n) is 3.06. The van der Waals surface area contributed by atoms with Gasteiger partial charge in [-0.25, -0.2) is 4.98 Å². The molecule has 0 bridgehead atoms. The maximum Gasteiger partial charge on any atom is 0.130 e. The third-order valence-corrected chi connectivity index (χ3v) is 4.30. The SMILES string of the molecule is Cc1cccc(-c2cnc(/C=C\C(=N)NC3CCCCC3)[nH]2)c1. The van der Waals surface area contributed by atoms with Gasteiger partial charge in [0.2, 0.25) is 0 Å². The number of rotatable bonds is 4. The minimum absolute atomic E-state index is 0.459. The molecule has 1 saturated carbocycles. The first-order valence-corrected chi connectivity index (χ1v) is 8.36. The lowest BCUT2D eigenvalue weighted by Crippen LogP contribution is -2.34. The van der Waals surface area contributed by atoms with Crippen LogP contribution in [-0.2, 0) is 0 Å². The molecule has 0 spiro atoms. The molecule has 2 aromatic rings. The molecule has 1 heterocycles. The molecule has 0 saturated heterocycles. The van der Waals surface area contributed by atoms with Crippen molar-refractivity contribution < 1.29 is 0 Å². The van der Waals surface area contributed by atoms with Gasteiger partial charge in [0.05, 0.1) is 11.9 Å². The van der Waals surface area contributed by atoms with Crippen LogP contribution in [0.3, 0.4) is 0 Å². The minimum Gasteiger partial charge on any atom is -0.368 e. The van der Waals surface area contributed by atoms with Crippen molar-refractivity contribution in [3.8, 4) is 11.3 Å². The van der Waals surface area contributed by atoms with E-state index >= 15 is 0 Å². The van der Waals surface area contributed by atoms with E-state index in [0.29, 0.717) is 11.9 Å². The Balaban J connectivity index is 1.60. The molecule has 0 atom stereocenters. The molecule has 0 unspecified atom stereocenters. The van der Waals surface area contributed by atoms with Gasteiger partial charge in [0.25, 0.3) is 0 Å². The summed E-state index contributed by atoms with van der Waals surface area (Å²) in [6, 6.07) is 8.79. The number of nitrogens with one attached hydrogen (secondary N) is 3. The van der Waals surface area contributed by atoms with E-state index in [-0.39, 0.29) is 0 Å². The van der Waals surface area contributed by atoms with Crippen LogP contribution in [0.25, 0.3) is 17.3 Å². The molecule has 4 heteroatoms. The van der Waals surface area contributed by atoms with E-state index in [1.54, 1.807) is 6.08 Å². The summed E-state index contributed by atoms with van der Waals surface area (Å²) in [4.78, 5) is 7.67. The van der Waals surface area contributed by atoms with Crippen molar-refractivity contribution in [3.63, 3.8) is 0 Å². The van der Waals surface area contributed by atoms with Crippen LogP contribution in [0.4, 0.5) is 0 Å². The maximum atomic E-state index is 8.03. The van der Waals surface area contributed by atoms with Gasteiger partial charge in [-0.2, -0.15) is 0 Å². The maximum absolute atomic E-state index is 8.03. The van der Waals surface area contributed by atoms with E-state index in [2.05, 4.69) is 40.4 Å². The number of aryl methyl sites for hydroxylation is 1. The van der Waals surface area contributed by atoms with Crippen LogP contribution in [0.15, 0.2) is 36.5 Å². The third kappa shape index (κ3) is 4.31. The van der Waals surface area contributed by atoms with Crippen molar-refractivity contribution >= 4 is 11.9 Å². The first kappa shape index (κ1) is 15.5. The predicted molar refractivity (Wildman–Crippen MR) is 95.5 cm³/mol. The number of amidine groups is 1. The molecule has 0 aliphatic heterocycles. The Morgan fingerprint density at radius 1 is 1.30 bits per heavy atom. The molecule has 0 radical (unpaired) electrons. The van der Waals surface area contributed by atoms with Gasteiger partial charge < -0.3 is 10.3 Å². The lowest BCUT2D eigenvalue weighted by atomic mass is 9.95. The Morgan fingerprint density at radius 2 is 2.13 bits per heavy atom. The largest absolute Gasteiger partial charge is 0.368 e. The highest BCUT2D eigenvalue weighted by atomic mass is 15.0. The minimum atomic E-state index is 0.459. The van der Waals surface area contributed by atoms with E-state index in [9.17, 15) is 0 Å². The molecular formula is C19H24N4. The highest BCUT2D eigenvalue weighted by Crippen LogP contribution is 2.19. The molecule has 4 nitrogen and oxygen atoms in total. The number of nitrogens with zero attached hydrogens (tertiary/aromatic N) is 1. The van der Waals surface area contributed by atoms with Crippen molar-refractivity contribution in [2.45, 2.75) is 45.1 Å². The molecule has 0 amide bonds. The second-order valence-corrected chi connectivity index (χ2v) is 6.28. The summed E-state index contributed by atoms with van der Waals surface area (Å²) in [5.41, 5.74) is 3.36. The molecule has 1 aliphatic carbocycles. The van der Waals surface area contributed by atoms with Gasteiger partial charge in [-0.05, 0) is 43.5 Å². The van der Waals surface area contributed by atoms with Crippen LogP contribution in [0.2, 0.25) is 0 Å². The molecule has 3 N–H and O–H groups in total. The van der Waals surface area contributed by atoms with Crippen LogP contribution in [0.5, 0.6) is 0 Å². The molecule has 1 fully saturated rings. The number of aromatic amines is 1. The van der Waals surface area contributed by atoms with Gasteiger partial charge in [-0.1, -0.05) is 43.0 Å². The number of H-pyrrole nitrogens is 1. The smallest absolute Gasteiger partial charge is 0.130 e. The molecule has 1 aromatic carbocycles. The molecule has 1 aromatic heterocycles. The highest BCUT2D eigenvalue weighted by molar-refractivity contribution is 5.93.